The van der Waals surface area contributed by atoms with Gasteiger partial charge in [-0.15, -0.1) is 4.80 Å². The lowest BCUT2D eigenvalue weighted by Crippen LogP contribution is -2.28. The van der Waals surface area contributed by atoms with E-state index in [4.69, 9.17) is 15.7 Å². The van der Waals surface area contributed by atoms with Crippen LogP contribution in [0.25, 0.3) is 34.1 Å². The summed E-state index contributed by atoms with van der Waals surface area (Å²) >= 11 is 0. The van der Waals surface area contributed by atoms with Gasteiger partial charge >= 0.3 is 0 Å². The SMILES string of the molecule is Cn1c(C(=O)N[C@H]2CCc3cc(-n4c(-c5cccnc5N)nc5ccc(-n6nccn6)nc54)ccc32)cnc1C1CC1. The summed E-state index contributed by atoms with van der Waals surface area (Å²) in [6.45, 7) is 0. The van der Waals surface area contributed by atoms with Gasteiger partial charge in [0.15, 0.2) is 17.3 Å². The molecule has 0 unspecified atom stereocenters. The minimum Gasteiger partial charge on any atom is -0.383 e. The minimum absolute atomic E-state index is 0.0792. The van der Waals surface area contributed by atoms with E-state index in [-0.39, 0.29) is 11.9 Å². The Labute approximate surface area is 240 Å². The Hall–Kier alpha value is -5.39. The fourth-order valence-electron chi connectivity index (χ4n) is 5.91. The molecule has 0 spiro atoms. The second-order valence-electron chi connectivity index (χ2n) is 10.8. The summed E-state index contributed by atoms with van der Waals surface area (Å²) in [4.78, 5) is 33.3. The summed E-state index contributed by atoms with van der Waals surface area (Å²) in [5, 5.41) is 11.7. The van der Waals surface area contributed by atoms with Crippen LogP contribution in [0.15, 0.2) is 67.3 Å². The molecule has 1 atom stereocenters. The summed E-state index contributed by atoms with van der Waals surface area (Å²) in [5.41, 5.74) is 12.1. The molecule has 0 bridgehead atoms. The van der Waals surface area contributed by atoms with Gasteiger partial charge in [0.2, 0.25) is 0 Å². The van der Waals surface area contributed by atoms with Crippen molar-refractivity contribution in [3.05, 3.63) is 89.9 Å². The number of aromatic nitrogens is 9. The molecule has 0 saturated heterocycles. The van der Waals surface area contributed by atoms with E-state index in [0.717, 1.165) is 42.8 Å². The molecule has 1 saturated carbocycles. The standard InChI is InChI=1S/C30H27N11O/c1-39-24(16-33-27(39)17-4-5-17)30(42)37-22-9-6-18-15-19(7-8-20(18)22)40-28(21-3-2-12-32-26(21)31)36-23-10-11-25(38-29(23)40)41-34-13-14-35-41/h2-3,7-8,10-17,22H,4-6,9H2,1H3,(H2,31,32)(H,37,42)/t22-/m0/s1. The number of amides is 1. The number of nitrogen functional groups attached to an aromatic ring is 1. The van der Waals surface area contributed by atoms with E-state index in [1.54, 1.807) is 24.8 Å². The fourth-order valence-corrected chi connectivity index (χ4v) is 5.91. The largest absolute Gasteiger partial charge is 0.383 e. The number of hydrogen-bond acceptors (Lipinski definition) is 8. The molecular formula is C30H27N11O. The Bertz CT molecular complexity index is 1980. The second kappa shape index (κ2) is 9.33. The Morgan fingerprint density at radius 2 is 1.86 bits per heavy atom. The van der Waals surface area contributed by atoms with Gasteiger partial charge in [0.25, 0.3) is 5.91 Å². The topological polar surface area (TPSA) is 147 Å². The van der Waals surface area contributed by atoms with Crippen LogP contribution in [0.5, 0.6) is 0 Å². The molecule has 2 aliphatic carbocycles. The highest BCUT2D eigenvalue weighted by Crippen LogP contribution is 2.39. The molecule has 5 aromatic heterocycles. The van der Waals surface area contributed by atoms with E-state index in [9.17, 15) is 4.79 Å². The van der Waals surface area contributed by atoms with E-state index in [1.807, 2.05) is 46.5 Å². The van der Waals surface area contributed by atoms with Crippen LogP contribution in [-0.4, -0.2) is 50.0 Å². The maximum atomic E-state index is 13.2. The Morgan fingerprint density at radius 1 is 1.00 bits per heavy atom. The molecule has 12 heteroatoms. The number of carbonyl (C=O) groups is 1. The first-order valence-corrected chi connectivity index (χ1v) is 14.0. The third-order valence-corrected chi connectivity index (χ3v) is 8.16. The number of fused-ring (bicyclic) bond motifs is 2. The van der Waals surface area contributed by atoms with E-state index < -0.39 is 0 Å². The monoisotopic (exact) mass is 557 g/mol. The van der Waals surface area contributed by atoms with Crippen LogP contribution in [0.3, 0.4) is 0 Å². The lowest BCUT2D eigenvalue weighted by Gasteiger charge is -2.16. The summed E-state index contributed by atoms with van der Waals surface area (Å²) in [6, 6.07) is 13.7. The first kappa shape index (κ1) is 24.4. The molecule has 5 heterocycles. The van der Waals surface area contributed by atoms with Gasteiger partial charge in [-0.3, -0.25) is 9.36 Å². The number of aryl methyl sites for hydroxylation is 1. The average molecular weight is 558 g/mol. The van der Waals surface area contributed by atoms with Crippen molar-refractivity contribution in [1.29, 1.82) is 0 Å². The van der Waals surface area contributed by atoms with Crippen LogP contribution >= 0.6 is 0 Å². The van der Waals surface area contributed by atoms with E-state index in [2.05, 4.69) is 37.6 Å². The quantitative estimate of drug-likeness (QED) is 0.315. The minimum atomic E-state index is -0.0993. The number of carbonyl (C=O) groups excluding carboxylic acids is 1. The van der Waals surface area contributed by atoms with Gasteiger partial charge in [0.1, 0.15) is 22.9 Å². The number of benzene rings is 1. The van der Waals surface area contributed by atoms with Crippen LogP contribution in [0.4, 0.5) is 5.82 Å². The van der Waals surface area contributed by atoms with Gasteiger partial charge in [0, 0.05) is 24.8 Å². The first-order valence-electron chi connectivity index (χ1n) is 14.0. The van der Waals surface area contributed by atoms with Gasteiger partial charge < -0.3 is 15.6 Å². The van der Waals surface area contributed by atoms with Crippen molar-refractivity contribution in [2.75, 3.05) is 5.73 Å². The molecule has 1 amide bonds. The number of rotatable bonds is 6. The highest BCUT2D eigenvalue weighted by atomic mass is 16.2. The lowest BCUT2D eigenvalue weighted by molar-refractivity contribution is 0.0928. The number of anilines is 1. The third kappa shape index (κ3) is 3.94. The molecule has 2 aliphatic rings. The maximum Gasteiger partial charge on any atom is 0.270 e. The molecule has 0 radical (unpaired) electrons. The first-order chi connectivity index (χ1) is 20.5. The molecule has 3 N–H and O–H groups in total. The summed E-state index contributed by atoms with van der Waals surface area (Å²) in [5.74, 6) is 2.97. The van der Waals surface area contributed by atoms with Crippen LogP contribution in [-0.2, 0) is 13.5 Å². The highest BCUT2D eigenvalue weighted by Gasteiger charge is 2.31. The van der Waals surface area contributed by atoms with Crippen molar-refractivity contribution in [2.24, 2.45) is 7.05 Å². The Morgan fingerprint density at radius 3 is 2.67 bits per heavy atom. The zero-order chi connectivity index (χ0) is 28.4. The molecule has 208 valence electrons. The van der Waals surface area contributed by atoms with E-state index in [1.165, 1.54) is 10.4 Å². The van der Waals surface area contributed by atoms with Gasteiger partial charge in [-0.2, -0.15) is 10.2 Å². The predicted octanol–water partition coefficient (Wildman–Crippen LogP) is 3.67. The average Bonchev–Trinajstić information content (AvgIpc) is 3.35. The normalized spacial score (nSPS) is 16.2. The maximum absolute atomic E-state index is 13.2. The fraction of sp³-hybridized carbons (Fsp3) is 0.233. The number of pyridine rings is 2. The van der Waals surface area contributed by atoms with Crippen LogP contribution in [0.2, 0.25) is 0 Å². The van der Waals surface area contributed by atoms with Crippen molar-refractivity contribution in [3.63, 3.8) is 0 Å². The number of nitrogens with one attached hydrogen (secondary N) is 1. The van der Waals surface area contributed by atoms with Gasteiger partial charge in [0.05, 0.1) is 30.2 Å². The Kier molecular flexibility index (Phi) is 5.42. The molecule has 6 aromatic rings. The molecule has 1 fully saturated rings. The zero-order valence-electron chi connectivity index (χ0n) is 22.8. The van der Waals surface area contributed by atoms with Crippen LogP contribution in [0.1, 0.15) is 58.7 Å². The van der Waals surface area contributed by atoms with Gasteiger partial charge in [-0.25, -0.2) is 19.9 Å². The number of nitrogens with two attached hydrogens (primary N) is 1. The van der Waals surface area contributed by atoms with E-state index in [0.29, 0.717) is 45.8 Å². The van der Waals surface area contributed by atoms with Crippen molar-refractivity contribution in [1.82, 2.24) is 49.4 Å². The number of hydrogen-bond donors (Lipinski definition) is 2. The van der Waals surface area contributed by atoms with Crippen molar-refractivity contribution in [3.8, 4) is 22.9 Å². The van der Waals surface area contributed by atoms with Crippen LogP contribution in [0, 0.1) is 0 Å². The molecule has 12 nitrogen and oxygen atoms in total. The molecule has 1 aromatic carbocycles. The second-order valence-corrected chi connectivity index (χ2v) is 10.8. The van der Waals surface area contributed by atoms with E-state index >= 15 is 0 Å². The van der Waals surface area contributed by atoms with Gasteiger partial charge in [-0.1, -0.05) is 6.07 Å². The predicted molar refractivity (Wildman–Crippen MR) is 155 cm³/mol. The molecule has 8 rings (SSSR count). The molecule has 42 heavy (non-hydrogen) atoms. The third-order valence-electron chi connectivity index (χ3n) is 8.16. The van der Waals surface area contributed by atoms with Gasteiger partial charge in [-0.05, 0) is 73.2 Å². The lowest BCUT2D eigenvalue weighted by atomic mass is 10.1. The number of nitrogens with zero attached hydrogens (tertiary/aromatic N) is 9. The Balaban J connectivity index is 1.18. The smallest absolute Gasteiger partial charge is 0.270 e. The van der Waals surface area contributed by atoms with Crippen molar-refractivity contribution < 1.29 is 4.79 Å². The van der Waals surface area contributed by atoms with Crippen molar-refractivity contribution in [2.45, 2.75) is 37.6 Å². The molecule has 0 aliphatic heterocycles. The van der Waals surface area contributed by atoms with Crippen LogP contribution < -0.4 is 11.1 Å². The number of imidazole rings is 2. The van der Waals surface area contributed by atoms with Crippen molar-refractivity contribution >= 4 is 22.9 Å². The molecular weight excluding hydrogens is 530 g/mol. The highest BCUT2D eigenvalue weighted by molar-refractivity contribution is 5.93. The summed E-state index contributed by atoms with van der Waals surface area (Å²) < 4.78 is 3.93. The summed E-state index contributed by atoms with van der Waals surface area (Å²) in [6.07, 6.45) is 10.5. The zero-order valence-corrected chi connectivity index (χ0v) is 22.8. The summed E-state index contributed by atoms with van der Waals surface area (Å²) in [7, 11) is 1.92.